The molecule has 1 aromatic rings. The van der Waals surface area contributed by atoms with E-state index in [1.165, 1.54) is 12.8 Å². The standard InChI is InChI=1S/C15H24N2O2S/c1-4-12(3)17-20(18,19)15-8-5-11(2)13(9-15)10-16-14-6-7-14/h5,8-9,12,14,16-17H,4,6-7,10H2,1-3H3. The van der Waals surface area contributed by atoms with E-state index >= 15 is 0 Å². The van der Waals surface area contributed by atoms with Gasteiger partial charge < -0.3 is 5.32 Å². The molecule has 5 heteroatoms. The number of nitrogens with one attached hydrogen (secondary N) is 2. The summed E-state index contributed by atoms with van der Waals surface area (Å²) >= 11 is 0. The summed E-state index contributed by atoms with van der Waals surface area (Å²) in [5.74, 6) is 0. The predicted octanol–water partition coefficient (Wildman–Crippen LogP) is 2.32. The van der Waals surface area contributed by atoms with Crippen LogP contribution in [0.4, 0.5) is 0 Å². The Morgan fingerprint density at radius 2 is 2.05 bits per heavy atom. The summed E-state index contributed by atoms with van der Waals surface area (Å²) in [7, 11) is -3.41. The fraction of sp³-hybridized carbons (Fsp3) is 0.600. The first kappa shape index (κ1) is 15.5. The Morgan fingerprint density at radius 1 is 1.35 bits per heavy atom. The van der Waals surface area contributed by atoms with Crippen molar-refractivity contribution in [2.75, 3.05) is 0 Å². The Kier molecular flexibility index (Phi) is 4.83. The van der Waals surface area contributed by atoms with Crippen LogP contribution in [0.25, 0.3) is 0 Å². The fourth-order valence-corrected chi connectivity index (χ4v) is 3.34. The second-order valence-corrected chi connectivity index (χ2v) is 7.39. The Morgan fingerprint density at radius 3 is 2.65 bits per heavy atom. The maximum atomic E-state index is 12.3. The minimum absolute atomic E-state index is 0.0469. The van der Waals surface area contributed by atoms with Crippen molar-refractivity contribution in [1.82, 2.24) is 10.0 Å². The van der Waals surface area contributed by atoms with E-state index in [0.29, 0.717) is 10.9 Å². The van der Waals surface area contributed by atoms with E-state index in [9.17, 15) is 8.42 Å². The van der Waals surface area contributed by atoms with Gasteiger partial charge in [0.1, 0.15) is 0 Å². The lowest BCUT2D eigenvalue weighted by atomic mass is 10.1. The van der Waals surface area contributed by atoms with E-state index < -0.39 is 10.0 Å². The van der Waals surface area contributed by atoms with Crippen LogP contribution in [0.15, 0.2) is 23.1 Å². The maximum Gasteiger partial charge on any atom is 0.240 e. The molecule has 4 nitrogen and oxygen atoms in total. The largest absolute Gasteiger partial charge is 0.310 e. The van der Waals surface area contributed by atoms with E-state index in [1.54, 1.807) is 12.1 Å². The average Bonchev–Trinajstić information content (AvgIpc) is 3.21. The van der Waals surface area contributed by atoms with Crippen LogP contribution in [0, 0.1) is 6.92 Å². The Labute approximate surface area is 122 Å². The minimum Gasteiger partial charge on any atom is -0.310 e. The van der Waals surface area contributed by atoms with Crippen molar-refractivity contribution < 1.29 is 8.42 Å². The highest BCUT2D eigenvalue weighted by Gasteiger charge is 2.21. The van der Waals surface area contributed by atoms with E-state index in [2.05, 4.69) is 10.0 Å². The number of sulfonamides is 1. The SMILES string of the molecule is CCC(C)NS(=O)(=O)c1ccc(C)c(CNC2CC2)c1. The van der Waals surface area contributed by atoms with Crippen LogP contribution in [0.1, 0.15) is 44.2 Å². The van der Waals surface area contributed by atoms with E-state index in [4.69, 9.17) is 0 Å². The molecule has 1 aromatic carbocycles. The van der Waals surface area contributed by atoms with Crippen molar-refractivity contribution in [3.63, 3.8) is 0 Å². The lowest BCUT2D eigenvalue weighted by Crippen LogP contribution is -2.32. The predicted molar refractivity (Wildman–Crippen MR) is 81.1 cm³/mol. The zero-order valence-corrected chi connectivity index (χ0v) is 13.3. The second kappa shape index (κ2) is 6.24. The zero-order chi connectivity index (χ0) is 14.8. The maximum absolute atomic E-state index is 12.3. The molecule has 0 aliphatic heterocycles. The summed E-state index contributed by atoms with van der Waals surface area (Å²) in [4.78, 5) is 0.357. The monoisotopic (exact) mass is 296 g/mol. The van der Waals surface area contributed by atoms with Crippen LogP contribution >= 0.6 is 0 Å². The first-order valence-electron chi connectivity index (χ1n) is 7.27. The fourth-order valence-electron chi connectivity index (χ4n) is 1.96. The molecule has 2 rings (SSSR count). The molecule has 20 heavy (non-hydrogen) atoms. The molecule has 1 fully saturated rings. The van der Waals surface area contributed by atoms with Crippen molar-refractivity contribution in [2.45, 2.75) is 63.6 Å². The molecule has 1 unspecified atom stereocenters. The number of hydrogen-bond acceptors (Lipinski definition) is 3. The third-order valence-corrected chi connectivity index (χ3v) is 5.35. The van der Waals surface area contributed by atoms with Gasteiger partial charge in [0.25, 0.3) is 0 Å². The highest BCUT2D eigenvalue weighted by atomic mass is 32.2. The molecule has 1 aliphatic rings. The number of rotatable bonds is 7. The van der Waals surface area contributed by atoms with Crippen molar-refractivity contribution in [1.29, 1.82) is 0 Å². The summed E-state index contributed by atoms with van der Waals surface area (Å²) in [5, 5.41) is 3.43. The van der Waals surface area contributed by atoms with E-state index in [-0.39, 0.29) is 6.04 Å². The molecule has 1 saturated carbocycles. The minimum atomic E-state index is -3.41. The summed E-state index contributed by atoms with van der Waals surface area (Å²) in [6.45, 7) is 6.60. The van der Waals surface area contributed by atoms with Crippen molar-refractivity contribution in [3.05, 3.63) is 29.3 Å². The van der Waals surface area contributed by atoms with Gasteiger partial charge in [-0.2, -0.15) is 0 Å². The molecular weight excluding hydrogens is 272 g/mol. The summed E-state index contributed by atoms with van der Waals surface area (Å²) < 4.78 is 27.3. The average molecular weight is 296 g/mol. The Bertz CT molecular complexity index is 565. The van der Waals surface area contributed by atoms with Crippen LogP contribution in [-0.2, 0) is 16.6 Å². The van der Waals surface area contributed by atoms with Gasteiger partial charge in [-0.05, 0) is 56.4 Å². The molecule has 112 valence electrons. The molecule has 0 aromatic heterocycles. The second-order valence-electron chi connectivity index (χ2n) is 5.67. The number of hydrogen-bond donors (Lipinski definition) is 2. The molecule has 0 radical (unpaired) electrons. The first-order valence-corrected chi connectivity index (χ1v) is 8.76. The van der Waals surface area contributed by atoms with E-state index in [1.807, 2.05) is 26.8 Å². The van der Waals surface area contributed by atoms with Gasteiger partial charge in [0, 0.05) is 18.6 Å². The van der Waals surface area contributed by atoms with Crippen LogP contribution in [-0.4, -0.2) is 20.5 Å². The van der Waals surface area contributed by atoms with Crippen LogP contribution < -0.4 is 10.0 Å². The topological polar surface area (TPSA) is 58.2 Å². The lowest BCUT2D eigenvalue weighted by Gasteiger charge is -2.14. The van der Waals surface area contributed by atoms with Gasteiger partial charge in [0.2, 0.25) is 10.0 Å². The van der Waals surface area contributed by atoms with Crippen molar-refractivity contribution in [2.24, 2.45) is 0 Å². The van der Waals surface area contributed by atoms with Gasteiger partial charge in [-0.25, -0.2) is 13.1 Å². The summed E-state index contributed by atoms with van der Waals surface area (Å²) in [6.07, 6.45) is 3.24. The molecule has 0 heterocycles. The smallest absolute Gasteiger partial charge is 0.240 e. The molecule has 0 amide bonds. The van der Waals surface area contributed by atoms with Gasteiger partial charge in [-0.15, -0.1) is 0 Å². The number of benzene rings is 1. The third kappa shape index (κ3) is 4.04. The van der Waals surface area contributed by atoms with Crippen LogP contribution in [0.3, 0.4) is 0 Å². The zero-order valence-electron chi connectivity index (χ0n) is 12.4. The molecule has 0 bridgehead atoms. The highest BCUT2D eigenvalue weighted by Crippen LogP contribution is 2.21. The number of aryl methyl sites for hydroxylation is 1. The first-order chi connectivity index (χ1) is 9.42. The Balaban J connectivity index is 2.16. The van der Waals surface area contributed by atoms with Crippen LogP contribution in [0.2, 0.25) is 0 Å². The molecule has 2 N–H and O–H groups in total. The molecule has 0 saturated heterocycles. The highest BCUT2D eigenvalue weighted by molar-refractivity contribution is 7.89. The van der Waals surface area contributed by atoms with Crippen LogP contribution in [0.5, 0.6) is 0 Å². The van der Waals surface area contributed by atoms with E-state index in [0.717, 1.165) is 24.1 Å². The normalized spacial score (nSPS) is 17.1. The van der Waals surface area contributed by atoms with Crippen molar-refractivity contribution >= 4 is 10.0 Å². The van der Waals surface area contributed by atoms with Crippen molar-refractivity contribution in [3.8, 4) is 0 Å². The van der Waals surface area contributed by atoms with Gasteiger partial charge in [0.15, 0.2) is 0 Å². The Hall–Kier alpha value is -0.910. The summed E-state index contributed by atoms with van der Waals surface area (Å²) in [6, 6.07) is 5.92. The molecule has 1 aliphatic carbocycles. The van der Waals surface area contributed by atoms with Gasteiger partial charge in [-0.1, -0.05) is 13.0 Å². The third-order valence-electron chi connectivity index (χ3n) is 3.76. The molecular formula is C15H24N2O2S. The van der Waals surface area contributed by atoms with Gasteiger partial charge >= 0.3 is 0 Å². The molecule has 1 atom stereocenters. The summed E-state index contributed by atoms with van der Waals surface area (Å²) in [5.41, 5.74) is 2.18. The van der Waals surface area contributed by atoms with Gasteiger partial charge in [-0.3, -0.25) is 0 Å². The quantitative estimate of drug-likeness (QED) is 0.812. The lowest BCUT2D eigenvalue weighted by molar-refractivity contribution is 0.555. The molecule has 0 spiro atoms. The van der Waals surface area contributed by atoms with Gasteiger partial charge in [0.05, 0.1) is 4.90 Å².